The number of aromatic nitrogens is 2. The Bertz CT molecular complexity index is 251. The molecule has 3 nitrogen and oxygen atoms in total. The molecule has 0 aliphatic carbocycles. The molecule has 0 aliphatic rings. The summed E-state index contributed by atoms with van der Waals surface area (Å²) in [5, 5.41) is 13.1. The van der Waals surface area contributed by atoms with Gasteiger partial charge in [-0.2, -0.15) is 0 Å². The third-order valence-corrected chi connectivity index (χ3v) is 2.70. The number of rotatable bonds is 5. The van der Waals surface area contributed by atoms with Crippen LogP contribution in [0.15, 0.2) is 0 Å². The van der Waals surface area contributed by atoms with Gasteiger partial charge < -0.3 is 5.32 Å². The summed E-state index contributed by atoms with van der Waals surface area (Å²) in [7, 11) is 0. The van der Waals surface area contributed by atoms with Gasteiger partial charge >= 0.3 is 0 Å². The monoisotopic (exact) mass is 219 g/mol. The predicted octanol–water partition coefficient (Wildman–Crippen LogP) is 2.67. The van der Waals surface area contributed by atoms with E-state index in [1.807, 2.05) is 6.92 Å². The zero-order valence-corrected chi connectivity index (χ0v) is 9.45. The van der Waals surface area contributed by atoms with E-state index in [4.69, 9.17) is 11.6 Å². The van der Waals surface area contributed by atoms with Crippen LogP contribution in [-0.2, 0) is 0 Å². The summed E-state index contributed by atoms with van der Waals surface area (Å²) in [4.78, 5) is 0. The maximum Gasteiger partial charge on any atom is 0.205 e. The van der Waals surface area contributed by atoms with E-state index >= 15 is 0 Å². The summed E-state index contributed by atoms with van der Waals surface area (Å²) in [6.07, 6.45) is 2.11. The highest BCUT2D eigenvalue weighted by Crippen LogP contribution is 2.15. The largest absolute Gasteiger partial charge is 0.358 e. The molecule has 1 N–H and O–H groups in total. The van der Waals surface area contributed by atoms with Gasteiger partial charge in [-0.3, -0.25) is 0 Å². The summed E-state index contributed by atoms with van der Waals surface area (Å²) >= 11 is 7.18. The number of nitrogens with one attached hydrogen (secondary N) is 1. The van der Waals surface area contributed by atoms with Gasteiger partial charge in [0.2, 0.25) is 5.13 Å². The third kappa shape index (κ3) is 3.91. The molecule has 1 heterocycles. The van der Waals surface area contributed by atoms with Gasteiger partial charge in [-0.1, -0.05) is 11.3 Å². The van der Waals surface area contributed by atoms with Gasteiger partial charge in [0.05, 0.1) is 0 Å². The van der Waals surface area contributed by atoms with E-state index in [1.54, 1.807) is 11.3 Å². The molecule has 0 saturated carbocycles. The van der Waals surface area contributed by atoms with Crippen molar-refractivity contribution in [2.75, 3.05) is 11.2 Å². The van der Waals surface area contributed by atoms with E-state index in [2.05, 4.69) is 22.4 Å². The Morgan fingerprint density at radius 3 is 2.85 bits per heavy atom. The van der Waals surface area contributed by atoms with Crippen molar-refractivity contribution in [2.24, 2.45) is 0 Å². The lowest BCUT2D eigenvalue weighted by Crippen LogP contribution is -2.14. The van der Waals surface area contributed by atoms with E-state index in [0.717, 1.165) is 28.9 Å². The van der Waals surface area contributed by atoms with Crippen LogP contribution in [0.3, 0.4) is 0 Å². The molecule has 13 heavy (non-hydrogen) atoms. The van der Waals surface area contributed by atoms with E-state index in [-0.39, 0.29) is 0 Å². The first-order chi connectivity index (χ1) is 6.22. The second-order valence-corrected chi connectivity index (χ2v) is 4.56. The molecule has 0 fully saturated rings. The molecule has 1 atom stereocenters. The lowest BCUT2D eigenvalue weighted by molar-refractivity contribution is 0.691. The zero-order valence-electron chi connectivity index (χ0n) is 7.88. The molecule has 0 radical (unpaired) electrons. The van der Waals surface area contributed by atoms with Crippen LogP contribution in [0.1, 0.15) is 24.8 Å². The van der Waals surface area contributed by atoms with Gasteiger partial charge in [0.1, 0.15) is 5.01 Å². The molecule has 0 saturated heterocycles. The van der Waals surface area contributed by atoms with Crippen LogP contribution in [0, 0.1) is 6.92 Å². The normalized spacial score (nSPS) is 12.8. The molecule has 0 amide bonds. The Morgan fingerprint density at radius 1 is 1.54 bits per heavy atom. The molecule has 1 aromatic rings. The number of hydrogen-bond donors (Lipinski definition) is 1. The lowest BCUT2D eigenvalue weighted by atomic mass is 10.2. The molecule has 0 aliphatic heterocycles. The Hall–Kier alpha value is -0.350. The zero-order chi connectivity index (χ0) is 9.68. The van der Waals surface area contributed by atoms with Crippen LogP contribution in [0.5, 0.6) is 0 Å². The number of halogens is 1. The van der Waals surface area contributed by atoms with Crippen molar-refractivity contribution in [2.45, 2.75) is 32.7 Å². The summed E-state index contributed by atoms with van der Waals surface area (Å²) in [6, 6.07) is 0.422. The van der Waals surface area contributed by atoms with Gasteiger partial charge in [0.25, 0.3) is 0 Å². The first kappa shape index (κ1) is 10.7. The van der Waals surface area contributed by atoms with E-state index in [0.29, 0.717) is 6.04 Å². The highest BCUT2D eigenvalue weighted by atomic mass is 35.5. The van der Waals surface area contributed by atoms with Crippen molar-refractivity contribution in [1.29, 1.82) is 0 Å². The number of alkyl halides is 1. The Balaban J connectivity index is 2.31. The molecule has 5 heteroatoms. The molecule has 1 aromatic heterocycles. The fourth-order valence-corrected chi connectivity index (χ4v) is 1.88. The number of anilines is 1. The van der Waals surface area contributed by atoms with Crippen molar-refractivity contribution < 1.29 is 0 Å². The Morgan fingerprint density at radius 2 is 2.31 bits per heavy atom. The summed E-state index contributed by atoms with van der Waals surface area (Å²) in [5.74, 6) is 0.723. The number of aryl methyl sites for hydroxylation is 1. The molecule has 1 unspecified atom stereocenters. The van der Waals surface area contributed by atoms with Crippen molar-refractivity contribution >= 4 is 28.1 Å². The van der Waals surface area contributed by atoms with Crippen LogP contribution >= 0.6 is 22.9 Å². The van der Waals surface area contributed by atoms with Crippen molar-refractivity contribution in [1.82, 2.24) is 10.2 Å². The van der Waals surface area contributed by atoms with Crippen LogP contribution < -0.4 is 5.32 Å². The van der Waals surface area contributed by atoms with Crippen LogP contribution in [0.4, 0.5) is 5.13 Å². The molecule has 0 bridgehead atoms. The maximum absolute atomic E-state index is 5.60. The Labute approximate surface area is 87.5 Å². The van der Waals surface area contributed by atoms with Gasteiger partial charge in [0, 0.05) is 11.9 Å². The van der Waals surface area contributed by atoms with Crippen LogP contribution in [0.25, 0.3) is 0 Å². The van der Waals surface area contributed by atoms with E-state index in [1.165, 1.54) is 0 Å². The van der Waals surface area contributed by atoms with Gasteiger partial charge in [0.15, 0.2) is 0 Å². The van der Waals surface area contributed by atoms with E-state index in [9.17, 15) is 0 Å². The average Bonchev–Trinajstić information content (AvgIpc) is 2.48. The second kappa shape index (κ2) is 5.40. The number of hydrogen-bond acceptors (Lipinski definition) is 4. The van der Waals surface area contributed by atoms with Gasteiger partial charge in [-0.15, -0.1) is 21.8 Å². The minimum atomic E-state index is 0.422. The fourth-order valence-electron chi connectivity index (χ4n) is 1.02. The fraction of sp³-hybridized carbons (Fsp3) is 0.750. The standard InChI is InChI=1S/C8H14ClN3S/c1-6(4-3-5-9)10-8-12-11-7(2)13-8/h6H,3-5H2,1-2H3,(H,10,12). The summed E-state index contributed by atoms with van der Waals surface area (Å²) < 4.78 is 0. The summed E-state index contributed by atoms with van der Waals surface area (Å²) in [6.45, 7) is 4.08. The predicted molar refractivity (Wildman–Crippen MR) is 57.7 cm³/mol. The maximum atomic E-state index is 5.60. The molecular formula is C8H14ClN3S. The van der Waals surface area contributed by atoms with Gasteiger partial charge in [-0.25, -0.2) is 0 Å². The topological polar surface area (TPSA) is 37.8 Å². The average molecular weight is 220 g/mol. The van der Waals surface area contributed by atoms with E-state index < -0.39 is 0 Å². The SMILES string of the molecule is Cc1nnc(NC(C)CCCCl)s1. The molecular weight excluding hydrogens is 206 g/mol. The quantitative estimate of drug-likeness (QED) is 0.774. The van der Waals surface area contributed by atoms with Crippen LogP contribution in [-0.4, -0.2) is 22.1 Å². The first-order valence-electron chi connectivity index (χ1n) is 4.35. The van der Waals surface area contributed by atoms with Crippen molar-refractivity contribution in [3.05, 3.63) is 5.01 Å². The van der Waals surface area contributed by atoms with Gasteiger partial charge in [-0.05, 0) is 26.7 Å². The molecule has 1 rings (SSSR count). The Kier molecular flexibility index (Phi) is 4.45. The molecule has 74 valence electrons. The van der Waals surface area contributed by atoms with Crippen LogP contribution in [0.2, 0.25) is 0 Å². The van der Waals surface area contributed by atoms with Crippen molar-refractivity contribution in [3.63, 3.8) is 0 Å². The summed E-state index contributed by atoms with van der Waals surface area (Å²) in [5.41, 5.74) is 0. The lowest BCUT2D eigenvalue weighted by Gasteiger charge is -2.10. The minimum Gasteiger partial charge on any atom is -0.358 e. The number of nitrogens with zero attached hydrogens (tertiary/aromatic N) is 2. The highest BCUT2D eigenvalue weighted by molar-refractivity contribution is 7.15. The highest BCUT2D eigenvalue weighted by Gasteiger charge is 2.04. The molecule has 0 spiro atoms. The molecule has 0 aromatic carbocycles. The third-order valence-electron chi connectivity index (χ3n) is 1.67. The second-order valence-electron chi connectivity index (χ2n) is 3.00. The smallest absolute Gasteiger partial charge is 0.205 e. The first-order valence-corrected chi connectivity index (χ1v) is 5.70. The minimum absolute atomic E-state index is 0.422. The van der Waals surface area contributed by atoms with Crippen molar-refractivity contribution in [3.8, 4) is 0 Å².